The zero-order valence-electron chi connectivity index (χ0n) is 9.00. The molecule has 0 N–H and O–H groups in total. The Labute approximate surface area is 84.6 Å². The average Bonchev–Trinajstić information content (AvgIpc) is 2.01. The molecule has 0 unspecified atom stereocenters. The molecule has 0 aromatic carbocycles. The Hall–Kier alpha value is -1.25. The largest absolute Gasteiger partial charge is 0.299 e. The normalized spacial score (nSPS) is 10.2. The average molecular weight is 192 g/mol. The summed E-state index contributed by atoms with van der Waals surface area (Å²) in [4.78, 5) is 19.8. The van der Waals surface area contributed by atoms with Crippen LogP contribution in [0, 0.1) is 13.8 Å². The fourth-order valence-electron chi connectivity index (χ4n) is 1.42. The van der Waals surface area contributed by atoms with Gasteiger partial charge in [-0.1, -0.05) is 6.92 Å². The van der Waals surface area contributed by atoms with Crippen molar-refractivity contribution in [2.75, 3.05) is 0 Å². The predicted octanol–water partition coefficient (Wildman–Crippen LogP) is 2.01. The van der Waals surface area contributed by atoms with Crippen LogP contribution >= 0.6 is 0 Å². The summed E-state index contributed by atoms with van der Waals surface area (Å²) in [5, 5.41) is 0. The van der Waals surface area contributed by atoms with Crippen LogP contribution in [-0.2, 0) is 11.2 Å². The van der Waals surface area contributed by atoms with Crippen LogP contribution in [0.1, 0.15) is 37.0 Å². The van der Waals surface area contributed by atoms with E-state index >= 15 is 0 Å². The molecule has 0 aliphatic heterocycles. The highest BCUT2D eigenvalue weighted by atomic mass is 16.1. The molecular weight excluding hydrogens is 176 g/mol. The molecule has 76 valence electrons. The summed E-state index contributed by atoms with van der Waals surface area (Å²) in [6.07, 6.45) is 1.89. The Morgan fingerprint density at radius 3 is 2.36 bits per heavy atom. The van der Waals surface area contributed by atoms with Crippen LogP contribution in [-0.4, -0.2) is 15.8 Å². The Morgan fingerprint density at radius 2 is 1.86 bits per heavy atom. The summed E-state index contributed by atoms with van der Waals surface area (Å²) in [6, 6.07) is 1.91. The Bertz CT molecular complexity index is 314. The molecule has 1 aromatic heterocycles. The van der Waals surface area contributed by atoms with Gasteiger partial charge < -0.3 is 0 Å². The maximum absolute atomic E-state index is 11.4. The van der Waals surface area contributed by atoms with E-state index in [1.165, 1.54) is 0 Å². The fourth-order valence-corrected chi connectivity index (χ4v) is 1.42. The van der Waals surface area contributed by atoms with E-state index in [-0.39, 0.29) is 5.78 Å². The van der Waals surface area contributed by atoms with Crippen molar-refractivity contribution >= 4 is 5.78 Å². The third-order valence-electron chi connectivity index (χ3n) is 1.91. The van der Waals surface area contributed by atoms with Crippen LogP contribution in [0.2, 0.25) is 0 Å². The van der Waals surface area contributed by atoms with Gasteiger partial charge in [-0.05, 0) is 26.3 Å². The molecule has 0 radical (unpaired) electrons. The Balaban J connectivity index is 2.71. The van der Waals surface area contributed by atoms with Crippen LogP contribution in [0.15, 0.2) is 6.07 Å². The topological polar surface area (TPSA) is 42.9 Å². The van der Waals surface area contributed by atoms with E-state index < -0.39 is 0 Å². The van der Waals surface area contributed by atoms with E-state index in [1.54, 1.807) is 0 Å². The maximum atomic E-state index is 11.4. The van der Waals surface area contributed by atoms with Crippen molar-refractivity contribution in [3.8, 4) is 0 Å². The van der Waals surface area contributed by atoms with Crippen LogP contribution in [0.25, 0.3) is 0 Å². The summed E-state index contributed by atoms with van der Waals surface area (Å²) in [6.45, 7) is 5.84. The Kier molecular flexibility index (Phi) is 3.74. The molecule has 14 heavy (non-hydrogen) atoms. The van der Waals surface area contributed by atoms with E-state index in [2.05, 4.69) is 9.97 Å². The molecule has 0 saturated carbocycles. The third kappa shape index (κ3) is 3.24. The first-order chi connectivity index (χ1) is 6.61. The second-order valence-corrected chi connectivity index (χ2v) is 3.53. The zero-order chi connectivity index (χ0) is 10.6. The summed E-state index contributed by atoms with van der Waals surface area (Å²) in [7, 11) is 0. The van der Waals surface area contributed by atoms with E-state index in [0.717, 1.165) is 17.8 Å². The monoisotopic (exact) mass is 192 g/mol. The second kappa shape index (κ2) is 4.84. The molecule has 0 spiro atoms. The second-order valence-electron chi connectivity index (χ2n) is 3.53. The van der Waals surface area contributed by atoms with E-state index in [9.17, 15) is 4.79 Å². The van der Waals surface area contributed by atoms with Gasteiger partial charge in [0.2, 0.25) is 0 Å². The number of nitrogens with zero attached hydrogens (tertiary/aromatic N) is 2. The number of carbonyl (C=O) groups excluding carboxylic acids is 1. The molecule has 0 bridgehead atoms. The smallest absolute Gasteiger partial charge is 0.140 e. The van der Waals surface area contributed by atoms with Gasteiger partial charge in [-0.25, -0.2) is 9.97 Å². The molecule has 0 fully saturated rings. The van der Waals surface area contributed by atoms with Gasteiger partial charge in [0, 0.05) is 17.8 Å². The minimum Gasteiger partial charge on any atom is -0.299 e. The number of rotatable bonds is 4. The van der Waals surface area contributed by atoms with E-state index in [1.807, 2.05) is 26.8 Å². The molecule has 1 aromatic rings. The number of hydrogen-bond donors (Lipinski definition) is 0. The molecule has 0 aliphatic rings. The summed E-state index contributed by atoms with van der Waals surface area (Å²) < 4.78 is 0. The number of carbonyl (C=O) groups is 1. The van der Waals surface area contributed by atoms with Gasteiger partial charge in [-0.3, -0.25) is 4.79 Å². The van der Waals surface area contributed by atoms with Crippen molar-refractivity contribution in [3.05, 3.63) is 23.3 Å². The predicted molar refractivity (Wildman–Crippen MR) is 55.1 cm³/mol. The van der Waals surface area contributed by atoms with Gasteiger partial charge >= 0.3 is 0 Å². The quantitative estimate of drug-likeness (QED) is 0.732. The molecule has 1 rings (SSSR count). The standard InChI is InChI=1S/C11H16N2O/c1-4-5-10(14)7-11-12-8(2)6-9(3)13-11/h6H,4-5,7H2,1-3H3. The molecule has 3 nitrogen and oxygen atoms in total. The lowest BCUT2D eigenvalue weighted by atomic mass is 10.1. The van der Waals surface area contributed by atoms with Crippen LogP contribution < -0.4 is 0 Å². The van der Waals surface area contributed by atoms with Crippen LogP contribution in [0.3, 0.4) is 0 Å². The number of hydrogen-bond acceptors (Lipinski definition) is 3. The first-order valence-corrected chi connectivity index (χ1v) is 4.94. The molecule has 0 amide bonds. The highest BCUT2D eigenvalue weighted by Gasteiger charge is 2.05. The molecule has 3 heteroatoms. The van der Waals surface area contributed by atoms with Crippen molar-refractivity contribution in [3.63, 3.8) is 0 Å². The number of aromatic nitrogens is 2. The zero-order valence-corrected chi connectivity index (χ0v) is 9.00. The van der Waals surface area contributed by atoms with Crippen LogP contribution in [0.4, 0.5) is 0 Å². The van der Waals surface area contributed by atoms with Gasteiger partial charge in [0.05, 0.1) is 6.42 Å². The minimum absolute atomic E-state index is 0.220. The summed E-state index contributed by atoms with van der Waals surface area (Å²) in [5.41, 5.74) is 1.86. The Morgan fingerprint density at radius 1 is 1.29 bits per heavy atom. The third-order valence-corrected chi connectivity index (χ3v) is 1.91. The lowest BCUT2D eigenvalue weighted by Crippen LogP contribution is -2.07. The van der Waals surface area contributed by atoms with Gasteiger partial charge in [0.25, 0.3) is 0 Å². The van der Waals surface area contributed by atoms with Crippen LogP contribution in [0.5, 0.6) is 0 Å². The van der Waals surface area contributed by atoms with Crippen molar-refractivity contribution in [1.82, 2.24) is 9.97 Å². The SMILES string of the molecule is CCCC(=O)Cc1nc(C)cc(C)n1. The van der Waals surface area contributed by atoms with Gasteiger partial charge in [0.15, 0.2) is 0 Å². The van der Waals surface area contributed by atoms with Gasteiger partial charge in [0.1, 0.15) is 11.6 Å². The minimum atomic E-state index is 0.220. The fraction of sp³-hybridized carbons (Fsp3) is 0.545. The first-order valence-electron chi connectivity index (χ1n) is 4.94. The molecular formula is C11H16N2O. The van der Waals surface area contributed by atoms with Crippen molar-refractivity contribution in [2.24, 2.45) is 0 Å². The maximum Gasteiger partial charge on any atom is 0.140 e. The molecule has 0 aliphatic carbocycles. The van der Waals surface area contributed by atoms with Crippen molar-refractivity contribution < 1.29 is 4.79 Å². The number of Topliss-reactive ketones (excluding diaryl/α,β-unsaturated/α-hetero) is 1. The molecule has 0 saturated heterocycles. The lowest BCUT2D eigenvalue weighted by Gasteiger charge is -2.01. The van der Waals surface area contributed by atoms with Gasteiger partial charge in [-0.15, -0.1) is 0 Å². The molecule has 0 atom stereocenters. The number of aryl methyl sites for hydroxylation is 2. The lowest BCUT2D eigenvalue weighted by molar-refractivity contribution is -0.118. The van der Waals surface area contributed by atoms with Crippen molar-refractivity contribution in [2.45, 2.75) is 40.0 Å². The van der Waals surface area contributed by atoms with E-state index in [0.29, 0.717) is 18.7 Å². The first kappa shape index (κ1) is 10.8. The molecule has 1 heterocycles. The summed E-state index contributed by atoms with van der Waals surface area (Å²) in [5.74, 6) is 0.874. The van der Waals surface area contributed by atoms with E-state index in [4.69, 9.17) is 0 Å². The highest BCUT2D eigenvalue weighted by molar-refractivity contribution is 5.79. The van der Waals surface area contributed by atoms with Gasteiger partial charge in [-0.2, -0.15) is 0 Å². The van der Waals surface area contributed by atoms with Crippen molar-refractivity contribution in [1.29, 1.82) is 0 Å². The summed E-state index contributed by atoms with van der Waals surface area (Å²) >= 11 is 0. The highest BCUT2D eigenvalue weighted by Crippen LogP contribution is 2.02. The number of ketones is 1.